The normalized spacial score (nSPS) is 10.4. The average Bonchev–Trinajstić information content (AvgIpc) is 2.24. The lowest BCUT2D eigenvalue weighted by molar-refractivity contribution is 0.244. The van der Waals surface area contributed by atoms with Gasteiger partial charge in [-0.15, -0.1) is 0 Å². The maximum atomic E-state index is 12.0. The largest absolute Gasteiger partial charge is 0.399 e. The Hall–Kier alpha value is -1.71. The van der Waals surface area contributed by atoms with Crippen LogP contribution in [-0.4, -0.2) is 18.6 Å². The predicted molar refractivity (Wildman–Crippen MR) is 72.2 cm³/mol. The number of carbonyl (C=O) groups excluding carboxylic acids is 1. The van der Waals surface area contributed by atoms with E-state index in [1.54, 1.807) is 4.90 Å². The third kappa shape index (κ3) is 3.98. The van der Waals surface area contributed by atoms with Crippen molar-refractivity contribution in [2.24, 2.45) is 0 Å². The Morgan fingerprint density at radius 3 is 2.71 bits per heavy atom. The second-order valence-electron chi connectivity index (χ2n) is 4.35. The number of amides is 2. The Kier molecular flexibility index (Phi) is 4.82. The number of anilines is 2. The zero-order valence-corrected chi connectivity index (χ0v) is 10.7. The maximum Gasteiger partial charge on any atom is 0.322 e. The molecule has 0 atom stereocenters. The van der Waals surface area contributed by atoms with E-state index in [1.165, 1.54) is 0 Å². The Bertz CT molecular complexity index is 377. The maximum absolute atomic E-state index is 12.0. The first-order valence-electron chi connectivity index (χ1n) is 5.98. The highest BCUT2D eigenvalue weighted by molar-refractivity contribution is 5.92. The number of carbonyl (C=O) groups is 1. The standard InChI is InChI=1S/C13H21N3O/c1-4-8-16(13(17)15-10(2)3)12-7-5-6-11(14)9-12/h5-7,9-10H,4,8,14H2,1-3H3,(H,15,17). The molecular formula is C13H21N3O. The van der Waals surface area contributed by atoms with Gasteiger partial charge in [-0.3, -0.25) is 4.90 Å². The molecule has 94 valence electrons. The fraction of sp³-hybridized carbons (Fsp3) is 0.462. The van der Waals surface area contributed by atoms with E-state index >= 15 is 0 Å². The number of nitrogens with two attached hydrogens (primary N) is 1. The summed E-state index contributed by atoms with van der Waals surface area (Å²) in [5.41, 5.74) is 7.24. The summed E-state index contributed by atoms with van der Waals surface area (Å²) in [6.45, 7) is 6.62. The molecule has 0 unspecified atom stereocenters. The van der Waals surface area contributed by atoms with Crippen LogP contribution in [0.5, 0.6) is 0 Å². The second kappa shape index (κ2) is 6.13. The topological polar surface area (TPSA) is 58.4 Å². The minimum atomic E-state index is -0.0764. The fourth-order valence-electron chi connectivity index (χ4n) is 1.59. The zero-order chi connectivity index (χ0) is 12.8. The summed E-state index contributed by atoms with van der Waals surface area (Å²) in [6, 6.07) is 7.43. The molecule has 0 fully saturated rings. The summed E-state index contributed by atoms with van der Waals surface area (Å²) in [5.74, 6) is 0. The number of hydrogen-bond acceptors (Lipinski definition) is 2. The van der Waals surface area contributed by atoms with Crippen molar-refractivity contribution in [3.8, 4) is 0 Å². The van der Waals surface area contributed by atoms with Gasteiger partial charge in [0.15, 0.2) is 0 Å². The summed E-state index contributed by atoms with van der Waals surface area (Å²) >= 11 is 0. The van der Waals surface area contributed by atoms with Gasteiger partial charge in [-0.1, -0.05) is 13.0 Å². The number of benzene rings is 1. The van der Waals surface area contributed by atoms with Gasteiger partial charge in [0.2, 0.25) is 0 Å². The number of rotatable bonds is 4. The van der Waals surface area contributed by atoms with Crippen LogP contribution in [0, 0.1) is 0 Å². The van der Waals surface area contributed by atoms with Gasteiger partial charge in [0, 0.05) is 24.0 Å². The first-order chi connectivity index (χ1) is 8.04. The molecule has 0 heterocycles. The van der Waals surface area contributed by atoms with Crippen LogP contribution in [0.3, 0.4) is 0 Å². The van der Waals surface area contributed by atoms with Crippen molar-refractivity contribution in [2.45, 2.75) is 33.2 Å². The molecule has 4 heteroatoms. The molecule has 0 aromatic heterocycles. The van der Waals surface area contributed by atoms with Crippen LogP contribution < -0.4 is 16.0 Å². The number of nitrogens with zero attached hydrogens (tertiary/aromatic N) is 1. The number of nitrogen functional groups attached to an aromatic ring is 1. The van der Waals surface area contributed by atoms with Gasteiger partial charge in [0.05, 0.1) is 0 Å². The van der Waals surface area contributed by atoms with Crippen molar-refractivity contribution in [2.75, 3.05) is 17.2 Å². The van der Waals surface area contributed by atoms with Crippen molar-refractivity contribution in [3.63, 3.8) is 0 Å². The van der Waals surface area contributed by atoms with Crippen LogP contribution in [0.25, 0.3) is 0 Å². The Balaban J connectivity index is 2.88. The quantitative estimate of drug-likeness (QED) is 0.788. The van der Waals surface area contributed by atoms with Gasteiger partial charge in [0.1, 0.15) is 0 Å². The molecule has 0 radical (unpaired) electrons. The van der Waals surface area contributed by atoms with Gasteiger partial charge >= 0.3 is 6.03 Å². The molecule has 0 spiro atoms. The summed E-state index contributed by atoms with van der Waals surface area (Å²) in [6.07, 6.45) is 0.903. The molecule has 0 bridgehead atoms. The SMILES string of the molecule is CCCN(C(=O)NC(C)C)c1cccc(N)c1. The highest BCUT2D eigenvalue weighted by Gasteiger charge is 2.15. The molecule has 1 aromatic carbocycles. The van der Waals surface area contributed by atoms with E-state index in [9.17, 15) is 4.79 Å². The summed E-state index contributed by atoms with van der Waals surface area (Å²) in [4.78, 5) is 13.7. The molecule has 0 aliphatic carbocycles. The Morgan fingerprint density at radius 2 is 2.18 bits per heavy atom. The molecule has 0 saturated heterocycles. The van der Waals surface area contributed by atoms with Crippen LogP contribution in [0.1, 0.15) is 27.2 Å². The summed E-state index contributed by atoms with van der Waals surface area (Å²) < 4.78 is 0. The minimum Gasteiger partial charge on any atom is -0.399 e. The molecule has 0 aliphatic heterocycles. The molecular weight excluding hydrogens is 214 g/mol. The Labute approximate surface area is 103 Å². The summed E-state index contributed by atoms with van der Waals surface area (Å²) in [7, 11) is 0. The monoisotopic (exact) mass is 235 g/mol. The van der Waals surface area contributed by atoms with Crippen LogP contribution in [0.2, 0.25) is 0 Å². The first-order valence-corrected chi connectivity index (χ1v) is 5.98. The zero-order valence-electron chi connectivity index (χ0n) is 10.7. The van der Waals surface area contributed by atoms with Gasteiger partial charge in [-0.05, 0) is 38.5 Å². The van der Waals surface area contributed by atoms with E-state index < -0.39 is 0 Å². The van der Waals surface area contributed by atoms with Crippen molar-refractivity contribution < 1.29 is 4.79 Å². The van der Waals surface area contributed by atoms with Crippen molar-refractivity contribution in [1.82, 2.24) is 5.32 Å². The second-order valence-corrected chi connectivity index (χ2v) is 4.35. The Morgan fingerprint density at radius 1 is 1.47 bits per heavy atom. The van der Waals surface area contributed by atoms with Crippen LogP contribution >= 0.6 is 0 Å². The molecule has 2 amide bonds. The van der Waals surface area contributed by atoms with E-state index in [-0.39, 0.29) is 12.1 Å². The third-order valence-corrected chi connectivity index (χ3v) is 2.29. The van der Waals surface area contributed by atoms with E-state index in [2.05, 4.69) is 5.32 Å². The molecule has 1 aromatic rings. The van der Waals surface area contributed by atoms with E-state index in [0.29, 0.717) is 12.2 Å². The molecule has 1 rings (SSSR count). The van der Waals surface area contributed by atoms with Crippen molar-refractivity contribution in [3.05, 3.63) is 24.3 Å². The van der Waals surface area contributed by atoms with Crippen LogP contribution in [-0.2, 0) is 0 Å². The minimum absolute atomic E-state index is 0.0764. The van der Waals surface area contributed by atoms with Crippen LogP contribution in [0.15, 0.2) is 24.3 Å². The number of hydrogen-bond donors (Lipinski definition) is 2. The van der Waals surface area contributed by atoms with Gasteiger partial charge in [0.25, 0.3) is 0 Å². The smallest absolute Gasteiger partial charge is 0.322 e. The summed E-state index contributed by atoms with van der Waals surface area (Å²) in [5, 5.41) is 2.89. The molecule has 4 nitrogen and oxygen atoms in total. The van der Waals surface area contributed by atoms with E-state index in [4.69, 9.17) is 5.73 Å². The number of urea groups is 1. The molecule has 3 N–H and O–H groups in total. The third-order valence-electron chi connectivity index (χ3n) is 2.29. The molecule has 17 heavy (non-hydrogen) atoms. The number of nitrogens with one attached hydrogen (secondary N) is 1. The van der Waals surface area contributed by atoms with Crippen molar-refractivity contribution in [1.29, 1.82) is 0 Å². The predicted octanol–water partition coefficient (Wildman–Crippen LogP) is 2.60. The lowest BCUT2D eigenvalue weighted by Gasteiger charge is -2.24. The first kappa shape index (κ1) is 13.4. The van der Waals surface area contributed by atoms with Gasteiger partial charge in [-0.25, -0.2) is 4.79 Å². The van der Waals surface area contributed by atoms with Gasteiger partial charge in [-0.2, -0.15) is 0 Å². The van der Waals surface area contributed by atoms with E-state index in [1.807, 2.05) is 45.0 Å². The van der Waals surface area contributed by atoms with Crippen molar-refractivity contribution >= 4 is 17.4 Å². The fourth-order valence-corrected chi connectivity index (χ4v) is 1.59. The lowest BCUT2D eigenvalue weighted by Crippen LogP contribution is -2.43. The van der Waals surface area contributed by atoms with E-state index in [0.717, 1.165) is 12.1 Å². The molecule has 0 aliphatic rings. The van der Waals surface area contributed by atoms with Crippen LogP contribution in [0.4, 0.5) is 16.2 Å². The molecule has 0 saturated carbocycles. The lowest BCUT2D eigenvalue weighted by atomic mass is 10.2. The van der Waals surface area contributed by atoms with Gasteiger partial charge < -0.3 is 11.1 Å². The average molecular weight is 235 g/mol. The highest BCUT2D eigenvalue weighted by atomic mass is 16.2. The highest BCUT2D eigenvalue weighted by Crippen LogP contribution is 2.18.